The summed E-state index contributed by atoms with van der Waals surface area (Å²) in [6.45, 7) is 3.85. The molecule has 0 N–H and O–H groups in total. The van der Waals surface area contributed by atoms with Crippen LogP contribution in [0.15, 0.2) is 53.6 Å². The van der Waals surface area contributed by atoms with Gasteiger partial charge in [0.1, 0.15) is 24.7 Å². The molecule has 204 valence electrons. The molecule has 2 aliphatic rings. The minimum atomic E-state index is -0.302. The largest absolute Gasteiger partial charge is 0.497 e. The summed E-state index contributed by atoms with van der Waals surface area (Å²) in [4.78, 5) is 30.4. The Morgan fingerprint density at radius 1 is 1.05 bits per heavy atom. The summed E-state index contributed by atoms with van der Waals surface area (Å²) < 4.78 is 21.5. The van der Waals surface area contributed by atoms with Crippen LogP contribution in [0.3, 0.4) is 0 Å². The molecule has 1 saturated heterocycles. The Morgan fingerprint density at radius 3 is 2.50 bits per heavy atom. The van der Waals surface area contributed by atoms with Gasteiger partial charge in [0.25, 0.3) is 5.91 Å². The van der Waals surface area contributed by atoms with Crippen molar-refractivity contribution in [2.75, 3.05) is 73.9 Å². The van der Waals surface area contributed by atoms with E-state index in [2.05, 4.69) is 4.90 Å². The normalized spacial score (nSPS) is 17.7. The number of carbonyl (C=O) groups is 2. The van der Waals surface area contributed by atoms with Crippen LogP contribution < -0.4 is 9.47 Å². The van der Waals surface area contributed by atoms with Crippen LogP contribution in [0.25, 0.3) is 0 Å². The van der Waals surface area contributed by atoms with Crippen LogP contribution in [0.4, 0.5) is 0 Å². The number of amides is 2. The van der Waals surface area contributed by atoms with E-state index in [0.29, 0.717) is 44.2 Å². The first-order valence-electron chi connectivity index (χ1n) is 12.8. The van der Waals surface area contributed by atoms with Gasteiger partial charge in [-0.05, 0) is 17.7 Å². The molecule has 1 atom stereocenters. The molecule has 2 amide bonds. The van der Waals surface area contributed by atoms with Crippen molar-refractivity contribution in [3.63, 3.8) is 0 Å². The van der Waals surface area contributed by atoms with Gasteiger partial charge in [0, 0.05) is 51.3 Å². The zero-order chi connectivity index (χ0) is 26.9. The maximum atomic E-state index is 13.7. The molecule has 2 aromatic carbocycles. The van der Waals surface area contributed by atoms with Crippen LogP contribution in [0.1, 0.15) is 23.6 Å². The molecule has 0 aromatic heterocycles. The summed E-state index contributed by atoms with van der Waals surface area (Å²) in [5, 5.41) is 6.28. The summed E-state index contributed by atoms with van der Waals surface area (Å²) >= 11 is 0. The predicted octanol–water partition coefficient (Wildman–Crippen LogP) is 2.19. The lowest BCUT2D eigenvalue weighted by Gasteiger charge is -2.31. The molecule has 1 fully saturated rings. The van der Waals surface area contributed by atoms with Crippen molar-refractivity contribution in [3.8, 4) is 11.5 Å². The van der Waals surface area contributed by atoms with E-state index in [-0.39, 0.29) is 31.0 Å². The molecule has 0 radical (unpaired) electrons. The lowest BCUT2D eigenvalue weighted by Crippen LogP contribution is -2.47. The van der Waals surface area contributed by atoms with Crippen LogP contribution >= 0.6 is 0 Å². The van der Waals surface area contributed by atoms with Gasteiger partial charge in [-0.2, -0.15) is 5.10 Å². The summed E-state index contributed by atoms with van der Waals surface area (Å²) in [5.74, 6) is 0.800. The molecule has 0 bridgehead atoms. The topological polar surface area (TPSA) is 93.1 Å². The lowest BCUT2D eigenvalue weighted by molar-refractivity contribution is -0.143. The van der Waals surface area contributed by atoms with Crippen molar-refractivity contribution in [1.82, 2.24) is 14.8 Å². The predicted molar refractivity (Wildman–Crippen MR) is 142 cm³/mol. The van der Waals surface area contributed by atoms with E-state index in [1.165, 1.54) is 12.1 Å². The lowest BCUT2D eigenvalue weighted by atomic mass is 9.98. The Kier molecular flexibility index (Phi) is 9.69. The summed E-state index contributed by atoms with van der Waals surface area (Å²) in [6, 6.07) is 15.0. The SMILES string of the molecule is COCC(=O)N(CCN1CCOCC1)CC(=O)N1N=C(c2ccc(OC)cc2OC)C[C@@H]1c1ccccc1. The summed E-state index contributed by atoms with van der Waals surface area (Å²) in [6.07, 6.45) is 0.512. The molecule has 2 aromatic rings. The Morgan fingerprint density at radius 2 is 1.82 bits per heavy atom. The molecular formula is C28H36N4O6. The Hall–Kier alpha value is -3.47. The van der Waals surface area contributed by atoms with Crippen LogP contribution in [0.2, 0.25) is 0 Å². The molecule has 2 heterocycles. The van der Waals surface area contributed by atoms with E-state index in [0.717, 1.165) is 29.9 Å². The van der Waals surface area contributed by atoms with Gasteiger partial charge >= 0.3 is 0 Å². The second-order valence-corrected chi connectivity index (χ2v) is 9.18. The molecular weight excluding hydrogens is 488 g/mol. The number of hydrogen-bond donors (Lipinski definition) is 0. The summed E-state index contributed by atoms with van der Waals surface area (Å²) in [5.41, 5.74) is 2.49. The third kappa shape index (κ3) is 6.69. The number of rotatable bonds is 11. The number of ether oxygens (including phenoxy) is 4. The Balaban J connectivity index is 1.58. The second-order valence-electron chi connectivity index (χ2n) is 9.18. The molecule has 0 aliphatic carbocycles. The molecule has 2 aliphatic heterocycles. The van der Waals surface area contributed by atoms with Crippen molar-refractivity contribution in [1.29, 1.82) is 0 Å². The van der Waals surface area contributed by atoms with Gasteiger partial charge < -0.3 is 23.8 Å². The molecule has 10 nitrogen and oxygen atoms in total. The van der Waals surface area contributed by atoms with Gasteiger partial charge in [-0.15, -0.1) is 0 Å². The zero-order valence-electron chi connectivity index (χ0n) is 22.3. The fourth-order valence-corrected chi connectivity index (χ4v) is 4.70. The van der Waals surface area contributed by atoms with Crippen molar-refractivity contribution < 1.29 is 28.5 Å². The number of nitrogens with zero attached hydrogens (tertiary/aromatic N) is 4. The second kappa shape index (κ2) is 13.4. The van der Waals surface area contributed by atoms with Gasteiger partial charge in [-0.1, -0.05) is 30.3 Å². The Bertz CT molecular complexity index is 1120. The zero-order valence-corrected chi connectivity index (χ0v) is 22.3. The fourth-order valence-electron chi connectivity index (χ4n) is 4.70. The average molecular weight is 525 g/mol. The van der Waals surface area contributed by atoms with Gasteiger partial charge in [0.05, 0.1) is 39.2 Å². The van der Waals surface area contributed by atoms with Crippen LogP contribution in [-0.2, 0) is 19.1 Å². The molecule has 0 unspecified atom stereocenters. The highest BCUT2D eigenvalue weighted by Gasteiger charge is 2.35. The third-order valence-electron chi connectivity index (χ3n) is 6.81. The standard InChI is InChI=1S/C28H36N4O6/c1-35-20-28(34)31(12-11-30-13-15-38-16-14-30)19-27(33)32-25(21-7-5-4-6-8-21)18-24(29-32)23-10-9-22(36-2)17-26(23)37-3/h4-10,17,25H,11-16,18-20H2,1-3H3/t25-/m1/s1. The van der Waals surface area contributed by atoms with Crippen molar-refractivity contribution in [2.24, 2.45) is 5.10 Å². The molecule has 10 heteroatoms. The van der Waals surface area contributed by atoms with Crippen LogP contribution in [0, 0.1) is 0 Å². The highest BCUT2D eigenvalue weighted by Crippen LogP contribution is 2.36. The molecule has 0 saturated carbocycles. The van der Waals surface area contributed by atoms with E-state index in [4.69, 9.17) is 24.0 Å². The number of hydrogen-bond acceptors (Lipinski definition) is 8. The first-order chi connectivity index (χ1) is 18.5. The third-order valence-corrected chi connectivity index (χ3v) is 6.81. The number of carbonyl (C=O) groups excluding carboxylic acids is 2. The minimum Gasteiger partial charge on any atom is -0.497 e. The minimum absolute atomic E-state index is 0.0872. The molecule has 0 spiro atoms. The summed E-state index contributed by atoms with van der Waals surface area (Å²) in [7, 11) is 4.67. The van der Waals surface area contributed by atoms with Crippen molar-refractivity contribution >= 4 is 17.5 Å². The number of hydrazone groups is 1. The maximum Gasteiger partial charge on any atom is 0.262 e. The van der Waals surface area contributed by atoms with Gasteiger partial charge in [0.2, 0.25) is 5.91 Å². The van der Waals surface area contributed by atoms with Crippen LogP contribution in [-0.4, -0.2) is 106 Å². The van der Waals surface area contributed by atoms with Gasteiger partial charge in [-0.25, -0.2) is 5.01 Å². The highest BCUT2D eigenvalue weighted by molar-refractivity contribution is 6.05. The molecule has 4 rings (SSSR count). The monoisotopic (exact) mass is 524 g/mol. The highest BCUT2D eigenvalue weighted by atomic mass is 16.5. The number of benzene rings is 2. The van der Waals surface area contributed by atoms with E-state index in [1.54, 1.807) is 25.2 Å². The van der Waals surface area contributed by atoms with E-state index < -0.39 is 0 Å². The van der Waals surface area contributed by atoms with Crippen LogP contribution in [0.5, 0.6) is 11.5 Å². The number of morpholine rings is 1. The number of methoxy groups -OCH3 is 3. The van der Waals surface area contributed by atoms with E-state index in [1.807, 2.05) is 42.5 Å². The Labute approximate surface area is 223 Å². The maximum absolute atomic E-state index is 13.7. The van der Waals surface area contributed by atoms with Crippen molar-refractivity contribution in [3.05, 3.63) is 59.7 Å². The quantitative estimate of drug-likeness (QED) is 0.445. The smallest absolute Gasteiger partial charge is 0.262 e. The fraction of sp³-hybridized carbons (Fsp3) is 0.464. The van der Waals surface area contributed by atoms with Crippen molar-refractivity contribution in [2.45, 2.75) is 12.5 Å². The van der Waals surface area contributed by atoms with Gasteiger partial charge in [0.15, 0.2) is 0 Å². The first-order valence-corrected chi connectivity index (χ1v) is 12.8. The van der Waals surface area contributed by atoms with Gasteiger partial charge in [-0.3, -0.25) is 14.5 Å². The molecule has 38 heavy (non-hydrogen) atoms. The first kappa shape index (κ1) is 27.6. The van der Waals surface area contributed by atoms with E-state index in [9.17, 15) is 9.59 Å². The van der Waals surface area contributed by atoms with E-state index >= 15 is 0 Å². The average Bonchev–Trinajstić information content (AvgIpc) is 3.41.